The van der Waals surface area contributed by atoms with Gasteiger partial charge in [0.15, 0.2) is 17.3 Å². The summed E-state index contributed by atoms with van der Waals surface area (Å²) in [6, 6.07) is 25.8. The Morgan fingerprint density at radius 3 is 2.00 bits per heavy atom. The molecule has 0 spiro atoms. The monoisotopic (exact) mass is 606 g/mol. The summed E-state index contributed by atoms with van der Waals surface area (Å²) in [5, 5.41) is 5.49. The first-order valence-corrected chi connectivity index (χ1v) is 14.1. The molecule has 4 aromatic rings. The van der Waals surface area contributed by atoms with Crippen molar-refractivity contribution >= 4 is 35.4 Å². The molecule has 0 heterocycles. The lowest BCUT2D eigenvalue weighted by Gasteiger charge is -2.14. The van der Waals surface area contributed by atoms with Crippen LogP contribution >= 0.6 is 0 Å². The number of nitrogens with one attached hydrogen (secondary N) is 2. The van der Waals surface area contributed by atoms with Crippen molar-refractivity contribution in [2.24, 2.45) is 0 Å². The molecule has 0 radical (unpaired) electrons. The van der Waals surface area contributed by atoms with E-state index in [2.05, 4.69) is 10.6 Å². The van der Waals surface area contributed by atoms with Gasteiger partial charge in [0.25, 0.3) is 11.8 Å². The van der Waals surface area contributed by atoms with Crippen molar-refractivity contribution in [2.75, 3.05) is 33.3 Å². The van der Waals surface area contributed by atoms with Gasteiger partial charge in [0.2, 0.25) is 5.75 Å². The fourth-order valence-electron chi connectivity index (χ4n) is 4.38. The second-order valence-electron chi connectivity index (χ2n) is 9.54. The number of ether oxygens (including phenoxy) is 4. The molecule has 0 aliphatic carbocycles. The molecule has 0 bridgehead atoms. The zero-order valence-electron chi connectivity index (χ0n) is 25.5. The molecule has 4 rings (SSSR count). The van der Waals surface area contributed by atoms with Gasteiger partial charge in [-0.3, -0.25) is 14.4 Å². The van der Waals surface area contributed by atoms with E-state index >= 15 is 0 Å². The number of hydrogen-bond donors (Lipinski definition) is 2. The van der Waals surface area contributed by atoms with E-state index in [9.17, 15) is 14.4 Å². The summed E-state index contributed by atoms with van der Waals surface area (Å²) in [6.07, 6.45) is 4.69. The molecule has 0 aliphatic heterocycles. The van der Waals surface area contributed by atoms with Gasteiger partial charge >= 0.3 is 0 Å². The topological polar surface area (TPSA) is 112 Å². The lowest BCUT2D eigenvalue weighted by molar-refractivity contribution is -0.113. The summed E-state index contributed by atoms with van der Waals surface area (Å²) in [5.74, 6) is 0.581. The Balaban J connectivity index is 1.57. The summed E-state index contributed by atoms with van der Waals surface area (Å²) in [7, 11) is 4.46. The van der Waals surface area contributed by atoms with Crippen molar-refractivity contribution in [2.45, 2.75) is 6.92 Å². The van der Waals surface area contributed by atoms with E-state index in [4.69, 9.17) is 18.9 Å². The number of amides is 2. The maximum absolute atomic E-state index is 13.5. The van der Waals surface area contributed by atoms with E-state index in [0.29, 0.717) is 52.0 Å². The van der Waals surface area contributed by atoms with Crippen LogP contribution < -0.4 is 29.6 Å². The van der Waals surface area contributed by atoms with Crippen molar-refractivity contribution in [1.29, 1.82) is 0 Å². The van der Waals surface area contributed by atoms with Crippen LogP contribution in [0.5, 0.6) is 23.0 Å². The third kappa shape index (κ3) is 8.39. The Kier molecular flexibility index (Phi) is 11.1. The number of anilines is 1. The zero-order valence-corrected chi connectivity index (χ0v) is 25.5. The molecule has 0 unspecified atom stereocenters. The van der Waals surface area contributed by atoms with E-state index in [1.54, 1.807) is 72.8 Å². The Labute approximate surface area is 262 Å². The number of carbonyl (C=O) groups excluding carboxylic acids is 3. The highest BCUT2D eigenvalue weighted by Crippen LogP contribution is 2.38. The molecule has 2 N–H and O–H groups in total. The summed E-state index contributed by atoms with van der Waals surface area (Å²) in [6.45, 7) is 2.41. The smallest absolute Gasteiger partial charge is 0.272 e. The fraction of sp³-hybridized carbons (Fsp3) is 0.139. The molecule has 0 atom stereocenters. The number of methoxy groups -OCH3 is 3. The average Bonchev–Trinajstić information content (AvgIpc) is 3.07. The van der Waals surface area contributed by atoms with Crippen LogP contribution in [-0.2, 0) is 4.79 Å². The first-order valence-electron chi connectivity index (χ1n) is 14.1. The normalized spacial score (nSPS) is 11.1. The summed E-state index contributed by atoms with van der Waals surface area (Å²) >= 11 is 0. The molecule has 9 nitrogen and oxygen atoms in total. The number of carbonyl (C=O) groups is 3. The first-order chi connectivity index (χ1) is 21.9. The molecule has 0 saturated carbocycles. The van der Waals surface area contributed by atoms with Crippen molar-refractivity contribution in [3.8, 4) is 23.0 Å². The molecular weight excluding hydrogens is 572 g/mol. The third-order valence-corrected chi connectivity index (χ3v) is 6.59. The quantitative estimate of drug-likeness (QED) is 0.134. The molecule has 4 aromatic carbocycles. The molecule has 0 aromatic heterocycles. The van der Waals surface area contributed by atoms with E-state index in [-0.39, 0.29) is 11.5 Å². The lowest BCUT2D eigenvalue weighted by atomic mass is 10.1. The number of ketones is 1. The van der Waals surface area contributed by atoms with Gasteiger partial charge in [-0.25, -0.2) is 0 Å². The summed E-state index contributed by atoms with van der Waals surface area (Å²) in [4.78, 5) is 39.4. The molecule has 0 aliphatic rings. The maximum atomic E-state index is 13.5. The van der Waals surface area contributed by atoms with Gasteiger partial charge in [-0.05, 0) is 85.3 Å². The third-order valence-electron chi connectivity index (χ3n) is 6.59. The SMILES string of the molecule is CCOc1ccccc1/C=C/C(=O)c1ccc(NC(=O)/C(=C/c2cc(OC)c(OC)c(OC)c2)NC(=O)c2ccccc2)cc1. The van der Waals surface area contributed by atoms with Crippen LogP contribution in [0.4, 0.5) is 5.69 Å². The van der Waals surface area contributed by atoms with Crippen molar-refractivity contribution in [1.82, 2.24) is 5.32 Å². The minimum absolute atomic E-state index is 0.0332. The maximum Gasteiger partial charge on any atom is 0.272 e. The van der Waals surface area contributed by atoms with Gasteiger partial charge in [-0.1, -0.05) is 36.4 Å². The first kappa shape index (κ1) is 32.1. The Morgan fingerprint density at radius 2 is 1.38 bits per heavy atom. The van der Waals surface area contributed by atoms with Crippen molar-refractivity contribution in [3.05, 3.63) is 125 Å². The minimum Gasteiger partial charge on any atom is -0.493 e. The Bertz CT molecular complexity index is 1690. The number of benzene rings is 4. The predicted octanol–water partition coefficient (Wildman–Crippen LogP) is 6.42. The standard InChI is InChI=1S/C36H34N2O7/c1-5-45-31-14-10-9-11-26(31)17-20-30(39)25-15-18-28(19-16-25)37-36(41)29(38-35(40)27-12-7-6-8-13-27)21-24-22-32(42-2)34(44-4)33(23-24)43-3/h6-23H,5H2,1-4H3,(H,37,41)(H,38,40)/b20-17+,29-21-. The van der Waals surface area contributed by atoms with Crippen LogP contribution in [0.2, 0.25) is 0 Å². The van der Waals surface area contributed by atoms with E-state index in [0.717, 1.165) is 5.56 Å². The van der Waals surface area contributed by atoms with Gasteiger partial charge < -0.3 is 29.6 Å². The largest absolute Gasteiger partial charge is 0.493 e. The second kappa shape index (κ2) is 15.6. The van der Waals surface area contributed by atoms with Gasteiger partial charge in [-0.2, -0.15) is 0 Å². The average molecular weight is 607 g/mol. The number of hydrogen-bond acceptors (Lipinski definition) is 7. The van der Waals surface area contributed by atoms with E-state index in [1.165, 1.54) is 33.5 Å². The van der Waals surface area contributed by atoms with Gasteiger partial charge in [0.1, 0.15) is 11.4 Å². The van der Waals surface area contributed by atoms with Crippen LogP contribution in [0.1, 0.15) is 38.8 Å². The number of allylic oxidation sites excluding steroid dienone is 1. The van der Waals surface area contributed by atoms with Gasteiger partial charge in [0.05, 0.1) is 27.9 Å². The minimum atomic E-state index is -0.584. The van der Waals surface area contributed by atoms with Crippen LogP contribution in [0, 0.1) is 0 Å². The predicted molar refractivity (Wildman–Crippen MR) is 174 cm³/mol. The molecular formula is C36H34N2O7. The molecule has 2 amide bonds. The highest BCUT2D eigenvalue weighted by Gasteiger charge is 2.18. The van der Waals surface area contributed by atoms with Crippen LogP contribution in [0.25, 0.3) is 12.2 Å². The Hall–Kier alpha value is -5.83. The summed E-state index contributed by atoms with van der Waals surface area (Å²) in [5.41, 5.74) is 2.51. The van der Waals surface area contributed by atoms with Crippen LogP contribution in [0.15, 0.2) is 103 Å². The van der Waals surface area contributed by atoms with Crippen LogP contribution in [-0.4, -0.2) is 45.5 Å². The molecule has 0 saturated heterocycles. The highest BCUT2D eigenvalue weighted by atomic mass is 16.5. The van der Waals surface area contributed by atoms with Gasteiger partial charge in [0, 0.05) is 22.4 Å². The molecule has 230 valence electrons. The van der Waals surface area contributed by atoms with Crippen molar-refractivity contribution < 1.29 is 33.3 Å². The zero-order chi connectivity index (χ0) is 32.2. The lowest BCUT2D eigenvalue weighted by Crippen LogP contribution is -2.30. The van der Waals surface area contributed by atoms with E-state index in [1.807, 2.05) is 31.2 Å². The summed E-state index contributed by atoms with van der Waals surface area (Å²) < 4.78 is 21.9. The highest BCUT2D eigenvalue weighted by molar-refractivity contribution is 6.11. The fourth-order valence-corrected chi connectivity index (χ4v) is 4.38. The van der Waals surface area contributed by atoms with Gasteiger partial charge in [-0.15, -0.1) is 0 Å². The van der Waals surface area contributed by atoms with Crippen LogP contribution in [0.3, 0.4) is 0 Å². The van der Waals surface area contributed by atoms with Crippen molar-refractivity contribution in [3.63, 3.8) is 0 Å². The van der Waals surface area contributed by atoms with E-state index < -0.39 is 11.8 Å². The molecule has 45 heavy (non-hydrogen) atoms. The molecule has 0 fully saturated rings. The second-order valence-corrected chi connectivity index (χ2v) is 9.54. The molecule has 9 heteroatoms. The number of rotatable bonds is 13. The number of para-hydroxylation sites is 1. The Morgan fingerprint density at radius 1 is 0.733 bits per heavy atom.